The monoisotopic (exact) mass is 274 g/mol. The topological polar surface area (TPSA) is 44.8 Å². The van der Waals surface area contributed by atoms with E-state index in [2.05, 4.69) is 0 Å². The molecule has 0 spiro atoms. The van der Waals surface area contributed by atoms with Gasteiger partial charge < -0.3 is 14.2 Å². The van der Waals surface area contributed by atoms with E-state index in [0.717, 1.165) is 16.7 Å². The van der Waals surface area contributed by atoms with Crippen molar-refractivity contribution in [2.24, 2.45) is 0 Å². The summed E-state index contributed by atoms with van der Waals surface area (Å²) in [5.41, 5.74) is 3.59. The van der Waals surface area contributed by atoms with Crippen molar-refractivity contribution in [1.29, 1.82) is 0 Å². The molecule has 0 N–H and O–H groups in total. The SMILES string of the molecule is CO[C@@]1(C)Cc2ccc3c(c2CO1)OC(=C(C)C)C3=O. The van der Waals surface area contributed by atoms with Gasteiger partial charge in [0.2, 0.25) is 5.78 Å². The number of carbonyl (C=O) groups excluding carboxylic acids is 1. The lowest BCUT2D eigenvalue weighted by Gasteiger charge is -2.34. The molecule has 0 unspecified atom stereocenters. The fourth-order valence-electron chi connectivity index (χ4n) is 2.64. The second-order valence-corrected chi connectivity index (χ2v) is 5.64. The van der Waals surface area contributed by atoms with Crippen molar-refractivity contribution < 1.29 is 19.0 Å². The molecule has 1 atom stereocenters. The quantitative estimate of drug-likeness (QED) is 0.738. The number of hydrogen-bond donors (Lipinski definition) is 0. The molecule has 1 aromatic carbocycles. The van der Waals surface area contributed by atoms with E-state index in [-0.39, 0.29) is 5.78 Å². The Morgan fingerprint density at radius 2 is 2.10 bits per heavy atom. The number of carbonyl (C=O) groups is 1. The fraction of sp³-hybridized carbons (Fsp3) is 0.438. The van der Waals surface area contributed by atoms with Gasteiger partial charge >= 0.3 is 0 Å². The van der Waals surface area contributed by atoms with Crippen molar-refractivity contribution in [3.8, 4) is 5.75 Å². The number of methoxy groups -OCH3 is 1. The maximum Gasteiger partial charge on any atom is 0.231 e. The Kier molecular flexibility index (Phi) is 2.96. The molecule has 0 bridgehead atoms. The molecule has 20 heavy (non-hydrogen) atoms. The van der Waals surface area contributed by atoms with Crippen LogP contribution in [0.25, 0.3) is 0 Å². The van der Waals surface area contributed by atoms with Crippen LogP contribution in [-0.2, 0) is 22.5 Å². The largest absolute Gasteiger partial charge is 0.452 e. The van der Waals surface area contributed by atoms with Crippen LogP contribution in [0, 0.1) is 0 Å². The maximum absolute atomic E-state index is 12.3. The van der Waals surface area contributed by atoms with Crippen molar-refractivity contribution in [2.75, 3.05) is 7.11 Å². The molecule has 0 saturated heterocycles. The minimum absolute atomic E-state index is 0.0390. The van der Waals surface area contributed by atoms with Crippen molar-refractivity contribution in [3.63, 3.8) is 0 Å². The molecule has 0 saturated carbocycles. The number of ether oxygens (including phenoxy) is 3. The lowest BCUT2D eigenvalue weighted by molar-refractivity contribution is -0.223. The van der Waals surface area contributed by atoms with Crippen LogP contribution < -0.4 is 4.74 Å². The predicted molar refractivity (Wildman–Crippen MR) is 73.7 cm³/mol. The molecular formula is C16H18O4. The molecule has 2 heterocycles. The standard InChI is InChI=1S/C16H18O4/c1-9(2)14-13(17)11-6-5-10-7-16(3,18-4)19-8-12(10)15(11)20-14/h5-6H,7-8H2,1-4H3/t16-/m1/s1. The van der Waals surface area contributed by atoms with Gasteiger partial charge in [-0.25, -0.2) is 0 Å². The van der Waals surface area contributed by atoms with Gasteiger partial charge in [0, 0.05) is 19.1 Å². The zero-order chi connectivity index (χ0) is 14.5. The minimum atomic E-state index is -0.608. The van der Waals surface area contributed by atoms with Gasteiger partial charge in [0.1, 0.15) is 5.75 Å². The first-order valence-electron chi connectivity index (χ1n) is 6.69. The molecule has 0 fully saturated rings. The van der Waals surface area contributed by atoms with Crippen LogP contribution in [0.4, 0.5) is 0 Å². The second kappa shape index (κ2) is 4.43. The number of fused-ring (bicyclic) bond motifs is 3. The molecule has 0 aliphatic carbocycles. The van der Waals surface area contributed by atoms with Crippen LogP contribution in [0.5, 0.6) is 5.75 Å². The zero-order valence-electron chi connectivity index (χ0n) is 12.2. The second-order valence-electron chi connectivity index (χ2n) is 5.64. The van der Waals surface area contributed by atoms with E-state index in [9.17, 15) is 4.79 Å². The smallest absolute Gasteiger partial charge is 0.231 e. The van der Waals surface area contributed by atoms with Crippen LogP contribution in [0.2, 0.25) is 0 Å². The fourth-order valence-corrected chi connectivity index (χ4v) is 2.64. The number of rotatable bonds is 1. The highest BCUT2D eigenvalue weighted by Crippen LogP contribution is 2.41. The summed E-state index contributed by atoms with van der Waals surface area (Å²) in [5, 5.41) is 0. The highest BCUT2D eigenvalue weighted by atomic mass is 16.7. The molecule has 0 aromatic heterocycles. The Labute approximate surface area is 118 Å². The summed E-state index contributed by atoms with van der Waals surface area (Å²) < 4.78 is 17.0. The van der Waals surface area contributed by atoms with E-state index in [1.807, 2.05) is 32.9 Å². The van der Waals surface area contributed by atoms with E-state index in [1.54, 1.807) is 7.11 Å². The number of ketones is 1. The molecule has 2 aliphatic rings. The van der Waals surface area contributed by atoms with Crippen molar-refractivity contribution >= 4 is 5.78 Å². The first-order valence-corrected chi connectivity index (χ1v) is 6.69. The Balaban J connectivity index is 2.07. The number of Topliss-reactive ketones (excluding diaryl/α,β-unsaturated/α-hetero) is 1. The Hall–Kier alpha value is -1.65. The van der Waals surface area contributed by atoms with E-state index in [0.29, 0.717) is 30.1 Å². The third kappa shape index (κ3) is 1.87. The van der Waals surface area contributed by atoms with Crippen molar-refractivity contribution in [1.82, 2.24) is 0 Å². The van der Waals surface area contributed by atoms with Gasteiger partial charge in [-0.05, 0) is 38.0 Å². The molecule has 4 nitrogen and oxygen atoms in total. The summed E-state index contributed by atoms with van der Waals surface area (Å²) in [6.45, 7) is 6.07. The number of allylic oxidation sites excluding steroid dienone is 2. The van der Waals surface area contributed by atoms with Gasteiger partial charge in [0.25, 0.3) is 0 Å². The molecule has 1 aromatic rings. The molecule has 2 aliphatic heterocycles. The third-order valence-electron chi connectivity index (χ3n) is 3.93. The van der Waals surface area contributed by atoms with Crippen LogP contribution in [-0.4, -0.2) is 18.7 Å². The summed E-state index contributed by atoms with van der Waals surface area (Å²) in [5.74, 6) is 0.446. The molecule has 3 rings (SSSR count). The normalized spacial score (nSPS) is 24.2. The molecule has 0 amide bonds. The predicted octanol–water partition coefficient (Wildman–Crippen LogP) is 2.99. The van der Waals surface area contributed by atoms with Gasteiger partial charge in [-0.1, -0.05) is 6.07 Å². The lowest BCUT2D eigenvalue weighted by Crippen LogP contribution is -2.37. The third-order valence-corrected chi connectivity index (χ3v) is 3.93. The van der Waals surface area contributed by atoms with Crippen LogP contribution in [0.3, 0.4) is 0 Å². The molecule has 0 radical (unpaired) electrons. The minimum Gasteiger partial charge on any atom is -0.452 e. The van der Waals surface area contributed by atoms with Crippen molar-refractivity contribution in [3.05, 3.63) is 40.2 Å². The van der Waals surface area contributed by atoms with E-state index >= 15 is 0 Å². The average molecular weight is 274 g/mol. The highest BCUT2D eigenvalue weighted by Gasteiger charge is 2.37. The summed E-state index contributed by atoms with van der Waals surface area (Å²) in [7, 11) is 1.64. The van der Waals surface area contributed by atoms with Crippen LogP contribution in [0.1, 0.15) is 42.3 Å². The first-order chi connectivity index (χ1) is 9.45. The molecule has 106 valence electrons. The Morgan fingerprint density at radius 1 is 1.35 bits per heavy atom. The summed E-state index contributed by atoms with van der Waals surface area (Å²) >= 11 is 0. The first kappa shape index (κ1) is 13.3. The Morgan fingerprint density at radius 3 is 2.75 bits per heavy atom. The lowest BCUT2D eigenvalue weighted by atomic mass is 9.94. The molecular weight excluding hydrogens is 256 g/mol. The number of hydrogen-bond acceptors (Lipinski definition) is 4. The van der Waals surface area contributed by atoms with Gasteiger partial charge in [-0.15, -0.1) is 0 Å². The average Bonchev–Trinajstić information content (AvgIpc) is 2.76. The number of benzene rings is 1. The van der Waals surface area contributed by atoms with Gasteiger partial charge in [0.05, 0.1) is 12.2 Å². The van der Waals surface area contributed by atoms with Gasteiger partial charge in [-0.2, -0.15) is 0 Å². The summed E-state index contributed by atoms with van der Waals surface area (Å²) in [4.78, 5) is 12.3. The van der Waals surface area contributed by atoms with Crippen molar-refractivity contribution in [2.45, 2.75) is 39.6 Å². The van der Waals surface area contributed by atoms with Gasteiger partial charge in [0.15, 0.2) is 11.5 Å². The van der Waals surface area contributed by atoms with E-state index < -0.39 is 5.79 Å². The molecule has 4 heteroatoms. The van der Waals surface area contributed by atoms with E-state index in [4.69, 9.17) is 14.2 Å². The van der Waals surface area contributed by atoms with Gasteiger partial charge in [-0.3, -0.25) is 4.79 Å². The zero-order valence-corrected chi connectivity index (χ0v) is 12.2. The Bertz CT molecular complexity index is 626. The highest BCUT2D eigenvalue weighted by molar-refractivity contribution is 6.13. The van der Waals surface area contributed by atoms with Crippen LogP contribution in [0.15, 0.2) is 23.5 Å². The van der Waals surface area contributed by atoms with E-state index in [1.165, 1.54) is 0 Å². The van der Waals surface area contributed by atoms with Crippen LogP contribution >= 0.6 is 0 Å². The maximum atomic E-state index is 12.3. The summed E-state index contributed by atoms with van der Waals surface area (Å²) in [6.07, 6.45) is 0.647. The summed E-state index contributed by atoms with van der Waals surface area (Å²) in [6, 6.07) is 3.82.